The number of non-ortho nitro benzene ring substituents is 1. The van der Waals surface area contributed by atoms with Crippen molar-refractivity contribution in [2.24, 2.45) is 0 Å². The molecule has 10 nitrogen and oxygen atoms in total. The van der Waals surface area contributed by atoms with Gasteiger partial charge in [0, 0.05) is 42.5 Å². The average Bonchev–Trinajstić information content (AvgIpc) is 3.28. The molecule has 0 saturated heterocycles. The Labute approximate surface area is 204 Å². The fraction of sp³-hybridized carbons (Fsp3) is 0.250. The van der Waals surface area contributed by atoms with E-state index in [9.17, 15) is 14.9 Å². The quantitative estimate of drug-likeness (QED) is 0.212. The number of fused-ring (bicyclic) bond motifs is 2. The molecule has 2 aromatic heterocycles. The largest absolute Gasteiger partial charge is 0.497 e. The number of nitro groups is 1. The summed E-state index contributed by atoms with van der Waals surface area (Å²) in [6.45, 7) is 0. The maximum atomic E-state index is 13.0. The SMILES string of the molecule is COc1ccc([C@@H]2CC(=O)c3cn4nc(SCc5ccc([N+](=O)[O-])cc5)nc4nc3C2)c(OC)c1. The van der Waals surface area contributed by atoms with E-state index in [4.69, 9.17) is 9.47 Å². The Morgan fingerprint density at radius 2 is 1.91 bits per heavy atom. The Bertz CT molecular complexity index is 1440. The molecule has 178 valence electrons. The minimum absolute atomic E-state index is 0.000830. The summed E-state index contributed by atoms with van der Waals surface area (Å²) in [5.74, 6) is 2.27. The van der Waals surface area contributed by atoms with Crippen molar-refractivity contribution in [2.75, 3.05) is 14.2 Å². The van der Waals surface area contributed by atoms with Crippen molar-refractivity contribution < 1.29 is 19.2 Å². The summed E-state index contributed by atoms with van der Waals surface area (Å²) in [5.41, 5.74) is 3.15. The number of ketones is 1. The first-order chi connectivity index (χ1) is 16.9. The van der Waals surface area contributed by atoms with Crippen molar-refractivity contribution >= 4 is 29.0 Å². The summed E-state index contributed by atoms with van der Waals surface area (Å²) in [6.07, 6.45) is 2.63. The minimum Gasteiger partial charge on any atom is -0.497 e. The number of methoxy groups -OCH3 is 2. The maximum Gasteiger partial charge on any atom is 0.269 e. The first kappa shape index (κ1) is 22.8. The van der Waals surface area contributed by atoms with Gasteiger partial charge in [-0.15, -0.1) is 5.10 Å². The number of aromatic nitrogens is 4. The number of carbonyl (C=O) groups is 1. The van der Waals surface area contributed by atoms with Crippen LogP contribution in [0.5, 0.6) is 11.5 Å². The number of nitro benzene ring substituents is 1. The molecule has 0 saturated carbocycles. The number of rotatable bonds is 7. The molecule has 0 fully saturated rings. The molecule has 0 N–H and O–H groups in total. The highest BCUT2D eigenvalue weighted by atomic mass is 32.2. The van der Waals surface area contributed by atoms with Crippen molar-refractivity contribution in [3.63, 3.8) is 0 Å². The molecule has 1 atom stereocenters. The molecule has 0 radical (unpaired) electrons. The van der Waals surface area contributed by atoms with Crippen LogP contribution in [0.25, 0.3) is 5.78 Å². The number of hydrogen-bond donors (Lipinski definition) is 0. The Morgan fingerprint density at radius 3 is 2.63 bits per heavy atom. The van der Waals surface area contributed by atoms with E-state index in [1.807, 2.05) is 18.2 Å². The Morgan fingerprint density at radius 1 is 1.11 bits per heavy atom. The van der Waals surface area contributed by atoms with Crippen LogP contribution < -0.4 is 9.47 Å². The summed E-state index contributed by atoms with van der Waals surface area (Å²) in [4.78, 5) is 32.6. The zero-order valence-corrected chi connectivity index (χ0v) is 19.8. The summed E-state index contributed by atoms with van der Waals surface area (Å²) in [7, 11) is 3.20. The van der Waals surface area contributed by atoms with Gasteiger partial charge in [0.15, 0.2) is 5.78 Å². The highest BCUT2D eigenvalue weighted by Gasteiger charge is 2.30. The van der Waals surface area contributed by atoms with E-state index in [2.05, 4.69) is 15.1 Å². The monoisotopic (exact) mass is 491 g/mol. The maximum absolute atomic E-state index is 13.0. The van der Waals surface area contributed by atoms with Gasteiger partial charge in [-0.3, -0.25) is 14.9 Å². The molecule has 1 aliphatic carbocycles. The molecule has 5 rings (SSSR count). The lowest BCUT2D eigenvalue weighted by Gasteiger charge is -2.24. The third-order valence-corrected chi connectivity index (χ3v) is 6.87. The average molecular weight is 492 g/mol. The van der Waals surface area contributed by atoms with Crippen LogP contribution in [0.1, 0.15) is 39.5 Å². The lowest BCUT2D eigenvalue weighted by Crippen LogP contribution is -2.21. The molecule has 11 heteroatoms. The standard InChI is InChI=1S/C24H21N5O5S/c1-33-17-7-8-18(22(11-17)34-2)15-9-20-19(21(30)10-15)12-28-23(25-20)26-24(27-28)35-13-14-3-5-16(6-4-14)29(31)32/h3-8,11-12,15H,9-10,13H2,1-2H3/t15-/m0/s1. The van der Waals surface area contributed by atoms with Crippen LogP contribution in [0.2, 0.25) is 0 Å². The smallest absolute Gasteiger partial charge is 0.269 e. The van der Waals surface area contributed by atoms with E-state index in [-0.39, 0.29) is 17.4 Å². The van der Waals surface area contributed by atoms with Crippen LogP contribution in [0.4, 0.5) is 5.69 Å². The first-order valence-electron chi connectivity index (χ1n) is 10.8. The van der Waals surface area contributed by atoms with Crippen molar-refractivity contribution in [2.45, 2.75) is 29.7 Å². The molecule has 0 amide bonds. The fourth-order valence-electron chi connectivity index (χ4n) is 4.16. The van der Waals surface area contributed by atoms with E-state index in [0.717, 1.165) is 11.1 Å². The second kappa shape index (κ2) is 9.34. The molecular weight excluding hydrogens is 470 g/mol. The first-order valence-corrected chi connectivity index (χ1v) is 11.8. The van der Waals surface area contributed by atoms with Crippen LogP contribution in [0, 0.1) is 10.1 Å². The minimum atomic E-state index is -0.426. The fourth-order valence-corrected chi connectivity index (χ4v) is 4.94. The lowest BCUT2D eigenvalue weighted by molar-refractivity contribution is -0.384. The number of thioether (sulfide) groups is 1. The van der Waals surface area contributed by atoms with Gasteiger partial charge in [0.05, 0.1) is 30.4 Å². The lowest BCUT2D eigenvalue weighted by atomic mass is 9.82. The molecule has 2 heterocycles. The van der Waals surface area contributed by atoms with Crippen LogP contribution in [0.3, 0.4) is 0 Å². The van der Waals surface area contributed by atoms with Gasteiger partial charge < -0.3 is 9.47 Å². The molecular formula is C24H21N5O5S. The summed E-state index contributed by atoms with van der Waals surface area (Å²) in [5, 5.41) is 15.8. The van der Waals surface area contributed by atoms with Gasteiger partial charge >= 0.3 is 0 Å². The van der Waals surface area contributed by atoms with Crippen LogP contribution in [-0.4, -0.2) is 44.5 Å². The van der Waals surface area contributed by atoms with Crippen molar-refractivity contribution in [1.82, 2.24) is 19.6 Å². The predicted octanol–water partition coefficient (Wildman–Crippen LogP) is 4.25. The van der Waals surface area contributed by atoms with Gasteiger partial charge in [0.2, 0.25) is 5.16 Å². The zero-order chi connectivity index (χ0) is 24.5. The molecule has 2 aromatic carbocycles. The van der Waals surface area contributed by atoms with Crippen LogP contribution in [-0.2, 0) is 12.2 Å². The van der Waals surface area contributed by atoms with Crippen molar-refractivity contribution in [3.8, 4) is 11.5 Å². The second-order valence-electron chi connectivity index (χ2n) is 8.09. The number of Topliss-reactive ketones (excluding diaryl/α,β-unsaturated/α-hetero) is 1. The van der Waals surface area contributed by atoms with Gasteiger partial charge in [-0.05, 0) is 23.6 Å². The van der Waals surface area contributed by atoms with Gasteiger partial charge in [-0.1, -0.05) is 30.0 Å². The topological polar surface area (TPSA) is 122 Å². The van der Waals surface area contributed by atoms with E-state index in [1.165, 1.54) is 28.4 Å². The van der Waals surface area contributed by atoms with E-state index >= 15 is 0 Å². The predicted molar refractivity (Wildman–Crippen MR) is 128 cm³/mol. The van der Waals surface area contributed by atoms with E-state index in [0.29, 0.717) is 52.3 Å². The van der Waals surface area contributed by atoms with Crippen LogP contribution in [0.15, 0.2) is 53.8 Å². The van der Waals surface area contributed by atoms with Gasteiger partial charge in [-0.2, -0.15) is 4.98 Å². The summed E-state index contributed by atoms with van der Waals surface area (Å²) >= 11 is 1.40. The molecule has 0 bridgehead atoms. The van der Waals surface area contributed by atoms with Gasteiger partial charge in [-0.25, -0.2) is 9.50 Å². The number of ether oxygens (including phenoxy) is 2. The Hall–Kier alpha value is -3.99. The molecule has 0 unspecified atom stereocenters. The van der Waals surface area contributed by atoms with Gasteiger partial charge in [0.1, 0.15) is 11.5 Å². The normalized spacial score (nSPS) is 15.1. The molecule has 1 aliphatic rings. The number of benzene rings is 2. The highest BCUT2D eigenvalue weighted by molar-refractivity contribution is 7.98. The summed E-state index contributed by atoms with van der Waals surface area (Å²) < 4.78 is 12.4. The highest BCUT2D eigenvalue weighted by Crippen LogP contribution is 2.38. The summed E-state index contributed by atoms with van der Waals surface area (Å²) in [6, 6.07) is 12.0. The van der Waals surface area contributed by atoms with E-state index < -0.39 is 4.92 Å². The van der Waals surface area contributed by atoms with Crippen LogP contribution >= 0.6 is 11.8 Å². The number of nitrogens with zero attached hydrogens (tertiary/aromatic N) is 5. The Kier molecular flexibility index (Phi) is 6.08. The number of carbonyl (C=O) groups excluding carboxylic acids is 1. The molecule has 4 aromatic rings. The van der Waals surface area contributed by atoms with Crippen molar-refractivity contribution in [3.05, 3.63) is 81.2 Å². The van der Waals surface area contributed by atoms with E-state index in [1.54, 1.807) is 32.5 Å². The molecule has 0 aliphatic heterocycles. The molecule has 0 spiro atoms. The molecule has 35 heavy (non-hydrogen) atoms. The number of hydrogen-bond acceptors (Lipinski definition) is 9. The third kappa shape index (κ3) is 4.54. The third-order valence-electron chi connectivity index (χ3n) is 5.96. The van der Waals surface area contributed by atoms with Crippen molar-refractivity contribution in [1.29, 1.82) is 0 Å². The zero-order valence-electron chi connectivity index (χ0n) is 19.0. The second-order valence-corrected chi connectivity index (χ2v) is 9.03. The Balaban J connectivity index is 1.37. The van der Waals surface area contributed by atoms with Gasteiger partial charge in [0.25, 0.3) is 11.5 Å².